The molecule has 4 heteroatoms. The molecule has 0 aliphatic heterocycles. The second-order valence-electron chi connectivity index (χ2n) is 3.61. The second kappa shape index (κ2) is 4.35. The van der Waals surface area contributed by atoms with Crippen molar-refractivity contribution >= 4 is 5.82 Å². The van der Waals surface area contributed by atoms with Crippen LogP contribution in [0.25, 0.3) is 11.6 Å². The van der Waals surface area contributed by atoms with Gasteiger partial charge in [0, 0.05) is 17.8 Å². The first-order valence-electron chi connectivity index (χ1n) is 5.35. The lowest BCUT2D eigenvalue weighted by atomic mass is 10.2. The van der Waals surface area contributed by atoms with Gasteiger partial charge in [-0.2, -0.15) is 0 Å². The van der Waals surface area contributed by atoms with Crippen LogP contribution in [0.4, 0.5) is 5.82 Å². The van der Waals surface area contributed by atoms with E-state index in [2.05, 4.69) is 15.3 Å². The van der Waals surface area contributed by atoms with Crippen molar-refractivity contribution in [3.63, 3.8) is 0 Å². The van der Waals surface area contributed by atoms with Gasteiger partial charge in [-0.3, -0.25) is 0 Å². The molecule has 1 N–H and O–H groups in total. The number of aromatic nitrogens is 2. The molecule has 4 nitrogen and oxygen atoms in total. The SMILES string of the molecule is CCNc1nc(-c2ccco2)nc(C)c1C. The van der Waals surface area contributed by atoms with Crippen molar-refractivity contribution < 1.29 is 4.42 Å². The summed E-state index contributed by atoms with van der Waals surface area (Å²) in [6.07, 6.45) is 1.63. The first kappa shape index (κ1) is 10.7. The van der Waals surface area contributed by atoms with Gasteiger partial charge in [0.05, 0.1) is 6.26 Å². The summed E-state index contributed by atoms with van der Waals surface area (Å²) in [7, 11) is 0. The monoisotopic (exact) mass is 217 g/mol. The van der Waals surface area contributed by atoms with Gasteiger partial charge in [0.25, 0.3) is 0 Å². The number of nitrogens with one attached hydrogen (secondary N) is 1. The quantitative estimate of drug-likeness (QED) is 0.858. The lowest BCUT2D eigenvalue weighted by Gasteiger charge is -2.09. The largest absolute Gasteiger partial charge is 0.461 e. The van der Waals surface area contributed by atoms with Gasteiger partial charge in [-0.1, -0.05) is 0 Å². The van der Waals surface area contributed by atoms with Crippen LogP contribution < -0.4 is 5.32 Å². The van der Waals surface area contributed by atoms with E-state index in [0.29, 0.717) is 11.6 Å². The zero-order valence-electron chi connectivity index (χ0n) is 9.74. The molecule has 2 rings (SSSR count). The average molecular weight is 217 g/mol. The maximum absolute atomic E-state index is 5.29. The zero-order valence-corrected chi connectivity index (χ0v) is 9.74. The Morgan fingerprint density at radius 3 is 2.75 bits per heavy atom. The third-order valence-electron chi connectivity index (χ3n) is 2.48. The Labute approximate surface area is 94.7 Å². The van der Waals surface area contributed by atoms with Crippen LogP contribution in [0.3, 0.4) is 0 Å². The standard InChI is InChI=1S/C12H15N3O/c1-4-13-11-8(2)9(3)14-12(15-11)10-6-5-7-16-10/h5-7H,4H2,1-3H3,(H,13,14,15). The highest BCUT2D eigenvalue weighted by Gasteiger charge is 2.10. The summed E-state index contributed by atoms with van der Waals surface area (Å²) in [5.41, 5.74) is 2.05. The van der Waals surface area contributed by atoms with Crippen LogP contribution in [0.5, 0.6) is 0 Å². The van der Waals surface area contributed by atoms with Crippen LogP contribution >= 0.6 is 0 Å². The molecular formula is C12H15N3O. The van der Waals surface area contributed by atoms with E-state index in [9.17, 15) is 0 Å². The molecule has 16 heavy (non-hydrogen) atoms. The van der Waals surface area contributed by atoms with Crippen molar-refractivity contribution in [3.8, 4) is 11.6 Å². The molecule has 0 saturated heterocycles. The summed E-state index contributed by atoms with van der Waals surface area (Å²) in [5.74, 6) is 2.20. The maximum Gasteiger partial charge on any atom is 0.197 e. The average Bonchev–Trinajstić information content (AvgIpc) is 2.78. The Morgan fingerprint density at radius 2 is 2.12 bits per heavy atom. The molecule has 2 aromatic rings. The number of nitrogens with zero attached hydrogens (tertiary/aromatic N) is 2. The van der Waals surface area contributed by atoms with E-state index in [0.717, 1.165) is 23.6 Å². The number of furan rings is 1. The summed E-state index contributed by atoms with van der Waals surface area (Å²) >= 11 is 0. The predicted molar refractivity (Wildman–Crippen MR) is 63.4 cm³/mol. The molecule has 84 valence electrons. The van der Waals surface area contributed by atoms with Crippen molar-refractivity contribution in [2.24, 2.45) is 0 Å². The lowest BCUT2D eigenvalue weighted by Crippen LogP contribution is -2.05. The number of hydrogen-bond donors (Lipinski definition) is 1. The molecule has 2 heterocycles. The van der Waals surface area contributed by atoms with Gasteiger partial charge in [0.2, 0.25) is 0 Å². The Morgan fingerprint density at radius 1 is 1.31 bits per heavy atom. The molecule has 0 radical (unpaired) electrons. The van der Waals surface area contributed by atoms with E-state index >= 15 is 0 Å². The van der Waals surface area contributed by atoms with Crippen molar-refractivity contribution in [3.05, 3.63) is 29.7 Å². The van der Waals surface area contributed by atoms with Crippen LogP contribution in [0, 0.1) is 13.8 Å². The van der Waals surface area contributed by atoms with Crippen LogP contribution in [-0.2, 0) is 0 Å². The van der Waals surface area contributed by atoms with Crippen molar-refractivity contribution in [2.75, 3.05) is 11.9 Å². The Bertz CT molecular complexity index is 477. The highest BCUT2D eigenvalue weighted by molar-refractivity contribution is 5.54. The highest BCUT2D eigenvalue weighted by Crippen LogP contribution is 2.21. The molecular weight excluding hydrogens is 202 g/mol. The molecule has 0 aliphatic rings. The third kappa shape index (κ3) is 1.91. The fourth-order valence-electron chi connectivity index (χ4n) is 1.48. The van der Waals surface area contributed by atoms with Crippen LogP contribution in [0.1, 0.15) is 18.2 Å². The van der Waals surface area contributed by atoms with E-state index < -0.39 is 0 Å². The van der Waals surface area contributed by atoms with Gasteiger partial charge in [-0.05, 0) is 32.9 Å². The Hall–Kier alpha value is -1.84. The molecule has 0 aromatic carbocycles. The fraction of sp³-hybridized carbons (Fsp3) is 0.333. The van der Waals surface area contributed by atoms with E-state index in [-0.39, 0.29) is 0 Å². The predicted octanol–water partition coefficient (Wildman–Crippen LogP) is 2.79. The van der Waals surface area contributed by atoms with Gasteiger partial charge in [0.1, 0.15) is 5.82 Å². The van der Waals surface area contributed by atoms with Gasteiger partial charge >= 0.3 is 0 Å². The van der Waals surface area contributed by atoms with Gasteiger partial charge in [-0.15, -0.1) is 0 Å². The molecule has 0 saturated carbocycles. The van der Waals surface area contributed by atoms with Gasteiger partial charge in [-0.25, -0.2) is 9.97 Å². The zero-order chi connectivity index (χ0) is 11.5. The minimum atomic E-state index is 0.629. The minimum Gasteiger partial charge on any atom is -0.461 e. The smallest absolute Gasteiger partial charge is 0.197 e. The van der Waals surface area contributed by atoms with E-state index in [1.807, 2.05) is 32.9 Å². The van der Waals surface area contributed by atoms with E-state index in [1.54, 1.807) is 6.26 Å². The molecule has 0 unspecified atom stereocenters. The second-order valence-corrected chi connectivity index (χ2v) is 3.61. The minimum absolute atomic E-state index is 0.629. The number of anilines is 1. The van der Waals surface area contributed by atoms with Crippen LogP contribution in [-0.4, -0.2) is 16.5 Å². The molecule has 0 spiro atoms. The van der Waals surface area contributed by atoms with Gasteiger partial charge in [0.15, 0.2) is 11.6 Å². The summed E-state index contributed by atoms with van der Waals surface area (Å²) in [5, 5.41) is 3.23. The normalized spacial score (nSPS) is 10.4. The first-order valence-corrected chi connectivity index (χ1v) is 5.35. The van der Waals surface area contributed by atoms with Crippen LogP contribution in [0.2, 0.25) is 0 Å². The Balaban J connectivity index is 2.48. The Kier molecular flexibility index (Phi) is 2.90. The number of rotatable bonds is 3. The van der Waals surface area contributed by atoms with Crippen molar-refractivity contribution in [1.29, 1.82) is 0 Å². The number of hydrogen-bond acceptors (Lipinski definition) is 4. The maximum atomic E-state index is 5.29. The van der Waals surface area contributed by atoms with Gasteiger partial charge < -0.3 is 9.73 Å². The summed E-state index contributed by atoms with van der Waals surface area (Å²) in [6, 6.07) is 3.70. The first-order chi connectivity index (χ1) is 7.72. The lowest BCUT2D eigenvalue weighted by molar-refractivity contribution is 0.577. The summed E-state index contributed by atoms with van der Waals surface area (Å²) in [4.78, 5) is 8.86. The van der Waals surface area contributed by atoms with Crippen molar-refractivity contribution in [2.45, 2.75) is 20.8 Å². The topological polar surface area (TPSA) is 51.0 Å². The van der Waals surface area contributed by atoms with E-state index in [4.69, 9.17) is 4.42 Å². The molecule has 0 amide bonds. The van der Waals surface area contributed by atoms with Crippen LogP contribution in [0.15, 0.2) is 22.8 Å². The summed E-state index contributed by atoms with van der Waals surface area (Å²) < 4.78 is 5.29. The number of aryl methyl sites for hydroxylation is 1. The molecule has 0 aliphatic carbocycles. The molecule has 0 atom stereocenters. The fourth-order valence-corrected chi connectivity index (χ4v) is 1.48. The molecule has 0 fully saturated rings. The highest BCUT2D eigenvalue weighted by atomic mass is 16.3. The molecule has 2 aromatic heterocycles. The third-order valence-corrected chi connectivity index (χ3v) is 2.48. The van der Waals surface area contributed by atoms with E-state index in [1.165, 1.54) is 0 Å². The van der Waals surface area contributed by atoms with Crippen molar-refractivity contribution in [1.82, 2.24) is 9.97 Å². The molecule has 0 bridgehead atoms. The summed E-state index contributed by atoms with van der Waals surface area (Å²) in [6.45, 7) is 6.88.